The second-order valence-electron chi connectivity index (χ2n) is 6.89. The van der Waals surface area contributed by atoms with Crippen molar-refractivity contribution in [2.45, 2.75) is 32.7 Å². The average Bonchev–Trinajstić information content (AvgIpc) is 3.19. The highest BCUT2D eigenvalue weighted by Crippen LogP contribution is 2.28. The van der Waals surface area contributed by atoms with Crippen molar-refractivity contribution in [3.63, 3.8) is 0 Å². The van der Waals surface area contributed by atoms with Crippen LogP contribution in [0.15, 0.2) is 41.4 Å². The molecule has 0 heterocycles. The number of aryl methyl sites for hydroxylation is 2. The monoisotopic (exact) mass is 524 g/mol. The molecule has 2 aromatic rings. The number of amides is 1. The molecule has 4 N–H and O–H groups in total. The maximum atomic E-state index is 11.6. The van der Waals surface area contributed by atoms with Gasteiger partial charge in [0.25, 0.3) is 5.91 Å². The molecule has 0 spiro atoms. The quantitative estimate of drug-likeness (QED) is 0.280. The summed E-state index contributed by atoms with van der Waals surface area (Å²) in [6.45, 7) is 2.77. The Balaban J connectivity index is 0.00000320. The number of nitrogens with two attached hydrogens (primary N) is 1. The number of aliphatic imine (C=N–C) groups is 1. The molecular weight excluding hydrogens is 495 g/mol. The maximum absolute atomic E-state index is 11.6. The molecule has 30 heavy (non-hydrogen) atoms. The Bertz CT molecular complexity index is 902. The van der Waals surface area contributed by atoms with Crippen molar-refractivity contribution in [1.29, 1.82) is 0 Å². The molecular formula is C22H29IN4O3. The average molecular weight is 524 g/mol. The lowest BCUT2D eigenvalue weighted by Gasteiger charge is -2.12. The second-order valence-corrected chi connectivity index (χ2v) is 6.89. The summed E-state index contributed by atoms with van der Waals surface area (Å²) in [4.78, 5) is 16.0. The van der Waals surface area contributed by atoms with Gasteiger partial charge in [-0.15, -0.1) is 24.0 Å². The van der Waals surface area contributed by atoms with Gasteiger partial charge in [-0.3, -0.25) is 4.79 Å². The van der Waals surface area contributed by atoms with E-state index in [-0.39, 0.29) is 36.5 Å². The highest BCUT2D eigenvalue weighted by Gasteiger charge is 2.11. The van der Waals surface area contributed by atoms with Crippen LogP contribution < -0.4 is 25.8 Å². The lowest BCUT2D eigenvalue weighted by molar-refractivity contribution is -0.123. The third-order valence-corrected chi connectivity index (χ3v) is 4.76. The number of rotatable bonds is 8. The zero-order valence-electron chi connectivity index (χ0n) is 17.4. The van der Waals surface area contributed by atoms with E-state index >= 15 is 0 Å². The number of nitrogens with zero attached hydrogens (tertiary/aromatic N) is 1. The molecule has 7 nitrogen and oxygen atoms in total. The molecule has 1 aliphatic carbocycles. The first-order valence-electron chi connectivity index (χ1n) is 9.84. The first-order valence-corrected chi connectivity index (χ1v) is 9.84. The number of guanidine groups is 1. The van der Waals surface area contributed by atoms with Crippen LogP contribution in [0.2, 0.25) is 0 Å². The zero-order valence-corrected chi connectivity index (χ0v) is 19.7. The van der Waals surface area contributed by atoms with E-state index in [0.29, 0.717) is 30.5 Å². The van der Waals surface area contributed by atoms with E-state index in [4.69, 9.17) is 15.2 Å². The molecule has 0 aliphatic heterocycles. The SMILES string of the molecule is CCNC(=O)COc1ccc(CN=C(N)Nc2ccc3c(c2)CCC3)cc1OC.I. The lowest BCUT2D eigenvalue weighted by atomic mass is 10.1. The summed E-state index contributed by atoms with van der Waals surface area (Å²) in [6, 6.07) is 11.8. The van der Waals surface area contributed by atoms with Crippen LogP contribution in [-0.4, -0.2) is 32.1 Å². The summed E-state index contributed by atoms with van der Waals surface area (Å²) in [7, 11) is 1.56. The third-order valence-electron chi connectivity index (χ3n) is 4.76. The van der Waals surface area contributed by atoms with Gasteiger partial charge in [-0.25, -0.2) is 4.99 Å². The van der Waals surface area contributed by atoms with Crippen molar-refractivity contribution in [3.05, 3.63) is 53.1 Å². The molecule has 0 bridgehead atoms. The molecule has 0 unspecified atom stereocenters. The fourth-order valence-electron chi connectivity index (χ4n) is 3.33. The number of carbonyl (C=O) groups excluding carboxylic acids is 1. The van der Waals surface area contributed by atoms with Gasteiger partial charge >= 0.3 is 0 Å². The van der Waals surface area contributed by atoms with Gasteiger partial charge in [0.05, 0.1) is 13.7 Å². The fraction of sp³-hybridized carbons (Fsp3) is 0.364. The summed E-state index contributed by atoms with van der Waals surface area (Å²) in [5, 5.41) is 5.84. The molecule has 0 fully saturated rings. The molecule has 1 amide bonds. The maximum Gasteiger partial charge on any atom is 0.257 e. The van der Waals surface area contributed by atoms with E-state index < -0.39 is 0 Å². The Morgan fingerprint density at radius 2 is 1.93 bits per heavy atom. The Labute approximate surface area is 194 Å². The van der Waals surface area contributed by atoms with E-state index in [1.165, 1.54) is 17.5 Å². The highest BCUT2D eigenvalue weighted by atomic mass is 127. The van der Waals surface area contributed by atoms with Gasteiger partial charge in [0.1, 0.15) is 0 Å². The number of anilines is 1. The molecule has 0 saturated carbocycles. The topological polar surface area (TPSA) is 98.0 Å². The number of hydrogen-bond acceptors (Lipinski definition) is 4. The van der Waals surface area contributed by atoms with Crippen molar-refractivity contribution in [2.24, 2.45) is 10.7 Å². The number of fused-ring (bicyclic) bond motifs is 1. The van der Waals surface area contributed by atoms with E-state index in [2.05, 4.69) is 27.8 Å². The number of carbonyl (C=O) groups is 1. The minimum Gasteiger partial charge on any atom is -0.493 e. The first-order chi connectivity index (χ1) is 14.1. The molecule has 0 aromatic heterocycles. The minimum absolute atomic E-state index is 0. The number of likely N-dealkylation sites (N-methyl/N-ethyl adjacent to an activating group) is 1. The third kappa shape index (κ3) is 6.51. The summed E-state index contributed by atoms with van der Waals surface area (Å²) in [6.07, 6.45) is 3.49. The van der Waals surface area contributed by atoms with Crippen molar-refractivity contribution >= 4 is 41.5 Å². The van der Waals surface area contributed by atoms with Gasteiger partial charge < -0.3 is 25.8 Å². The Hall–Kier alpha value is -2.49. The highest BCUT2D eigenvalue weighted by molar-refractivity contribution is 14.0. The molecule has 162 valence electrons. The number of ether oxygens (including phenoxy) is 2. The van der Waals surface area contributed by atoms with Gasteiger partial charge in [0, 0.05) is 12.2 Å². The fourth-order valence-corrected chi connectivity index (χ4v) is 3.33. The van der Waals surface area contributed by atoms with Crippen molar-refractivity contribution in [3.8, 4) is 11.5 Å². The Morgan fingerprint density at radius 1 is 1.13 bits per heavy atom. The predicted octanol–water partition coefficient (Wildman–Crippen LogP) is 3.24. The molecule has 2 aromatic carbocycles. The minimum atomic E-state index is -0.173. The largest absolute Gasteiger partial charge is 0.493 e. The van der Waals surface area contributed by atoms with Crippen LogP contribution in [0.1, 0.15) is 30.0 Å². The van der Waals surface area contributed by atoms with Crippen LogP contribution in [0.4, 0.5) is 5.69 Å². The van der Waals surface area contributed by atoms with Crippen molar-refractivity contribution < 1.29 is 14.3 Å². The van der Waals surface area contributed by atoms with E-state index in [9.17, 15) is 4.79 Å². The Morgan fingerprint density at radius 3 is 2.70 bits per heavy atom. The molecule has 1 aliphatic rings. The lowest BCUT2D eigenvalue weighted by Crippen LogP contribution is -2.28. The van der Waals surface area contributed by atoms with E-state index in [1.54, 1.807) is 13.2 Å². The Kier molecular flexibility index (Phi) is 9.22. The number of nitrogens with one attached hydrogen (secondary N) is 2. The van der Waals surface area contributed by atoms with E-state index in [0.717, 1.165) is 24.1 Å². The summed E-state index contributed by atoms with van der Waals surface area (Å²) in [5.74, 6) is 1.25. The van der Waals surface area contributed by atoms with E-state index in [1.807, 2.05) is 25.1 Å². The van der Waals surface area contributed by atoms with Crippen LogP contribution in [0.25, 0.3) is 0 Å². The summed E-state index contributed by atoms with van der Waals surface area (Å²) in [5.41, 5.74) is 10.7. The number of halogens is 1. The van der Waals surface area contributed by atoms with Gasteiger partial charge in [-0.05, 0) is 67.1 Å². The smallest absolute Gasteiger partial charge is 0.257 e. The van der Waals surface area contributed by atoms with Crippen LogP contribution >= 0.6 is 24.0 Å². The normalized spacial score (nSPS) is 12.5. The summed E-state index contributed by atoms with van der Waals surface area (Å²) < 4.78 is 10.9. The summed E-state index contributed by atoms with van der Waals surface area (Å²) >= 11 is 0. The van der Waals surface area contributed by atoms with Crippen LogP contribution in [-0.2, 0) is 24.2 Å². The van der Waals surface area contributed by atoms with Gasteiger partial charge in [-0.2, -0.15) is 0 Å². The second kappa shape index (κ2) is 11.6. The van der Waals surface area contributed by atoms with Crippen molar-refractivity contribution in [1.82, 2.24) is 5.32 Å². The zero-order chi connectivity index (χ0) is 20.6. The van der Waals surface area contributed by atoms with Crippen LogP contribution in [0, 0.1) is 0 Å². The van der Waals surface area contributed by atoms with Gasteiger partial charge in [-0.1, -0.05) is 12.1 Å². The predicted molar refractivity (Wildman–Crippen MR) is 130 cm³/mol. The molecule has 0 atom stereocenters. The number of benzene rings is 2. The molecule has 3 rings (SSSR count). The first kappa shape index (κ1) is 23.8. The number of hydrogen-bond donors (Lipinski definition) is 3. The van der Waals surface area contributed by atoms with Crippen molar-refractivity contribution in [2.75, 3.05) is 25.6 Å². The standard InChI is InChI=1S/C22H28N4O3.HI/c1-3-24-21(27)14-29-19-10-7-15(11-20(19)28-2)13-25-22(23)26-18-9-8-16-5-4-6-17(16)12-18;/h7-12H,3-6,13-14H2,1-2H3,(H,24,27)(H3,23,25,26);1H. The molecule has 0 radical (unpaired) electrons. The van der Waals surface area contributed by atoms with Crippen LogP contribution in [0.5, 0.6) is 11.5 Å². The molecule has 0 saturated heterocycles. The van der Waals surface area contributed by atoms with Crippen LogP contribution in [0.3, 0.4) is 0 Å². The van der Waals surface area contributed by atoms with Gasteiger partial charge in [0.2, 0.25) is 0 Å². The molecule has 8 heteroatoms. The number of methoxy groups -OCH3 is 1. The van der Waals surface area contributed by atoms with Gasteiger partial charge in [0.15, 0.2) is 24.1 Å².